The second-order valence-corrected chi connectivity index (χ2v) is 11.9. The predicted octanol–water partition coefficient (Wildman–Crippen LogP) is 5.19. The molecule has 35 heavy (non-hydrogen) atoms. The maximum absolute atomic E-state index is 10.6. The molecule has 6 atom stereocenters. The highest BCUT2D eigenvalue weighted by Gasteiger charge is 2.59. The van der Waals surface area contributed by atoms with Gasteiger partial charge in [-0.15, -0.1) is 0 Å². The van der Waals surface area contributed by atoms with Gasteiger partial charge in [0.2, 0.25) is 0 Å². The van der Waals surface area contributed by atoms with Gasteiger partial charge in [0.25, 0.3) is 0 Å². The van der Waals surface area contributed by atoms with E-state index in [2.05, 4.69) is 32.6 Å². The number of nitrogens with two attached hydrogens (primary N) is 1. The third-order valence-electron chi connectivity index (χ3n) is 10.1. The van der Waals surface area contributed by atoms with E-state index < -0.39 is 11.7 Å². The first kappa shape index (κ1) is 28.6. The molecule has 5 heteroatoms. The molecule has 0 aliphatic heterocycles. The fourth-order valence-electron chi connectivity index (χ4n) is 7.20. The van der Waals surface area contributed by atoms with Crippen molar-refractivity contribution in [2.24, 2.45) is 23.0 Å². The number of allylic oxidation sites excluding steroid dienone is 3. The van der Waals surface area contributed by atoms with Crippen molar-refractivity contribution in [3.8, 4) is 0 Å². The molecule has 0 aromatic heterocycles. The Bertz CT molecular complexity index is 800. The maximum Gasteiger partial charge on any atom is 0.0731 e. The molecule has 3 aliphatic rings. The molecule has 3 fully saturated rings. The monoisotopic (exact) mass is 489 g/mol. The average molecular weight is 490 g/mol. The molecule has 0 unspecified atom stereocenters. The van der Waals surface area contributed by atoms with Crippen molar-refractivity contribution in [1.29, 1.82) is 0 Å². The molecule has 3 saturated carbocycles. The fraction of sp³-hybridized carbons (Fsp3) is 0.800. The van der Waals surface area contributed by atoms with Gasteiger partial charge in [-0.3, -0.25) is 0 Å². The van der Waals surface area contributed by atoms with Gasteiger partial charge in [-0.1, -0.05) is 45.1 Å². The second-order valence-electron chi connectivity index (χ2n) is 11.9. The van der Waals surface area contributed by atoms with Crippen LogP contribution in [-0.4, -0.2) is 51.9 Å². The zero-order chi connectivity index (χ0) is 25.9. The summed E-state index contributed by atoms with van der Waals surface area (Å²) in [6, 6.07) is 0. The van der Waals surface area contributed by atoms with Gasteiger partial charge in [-0.25, -0.2) is 0 Å². The van der Waals surface area contributed by atoms with Crippen LogP contribution >= 0.6 is 0 Å². The Labute approximate surface area is 213 Å². The van der Waals surface area contributed by atoms with Gasteiger partial charge < -0.3 is 25.8 Å². The summed E-state index contributed by atoms with van der Waals surface area (Å²) in [7, 11) is 0. The summed E-state index contributed by atoms with van der Waals surface area (Å²) < 4.78 is 6.34. The number of ether oxygens (including phenoxy) is 1. The minimum Gasteiger partial charge on any atom is -0.396 e. The van der Waals surface area contributed by atoms with Crippen molar-refractivity contribution < 1.29 is 20.1 Å². The van der Waals surface area contributed by atoms with Crippen molar-refractivity contribution >= 4 is 0 Å². The van der Waals surface area contributed by atoms with E-state index in [9.17, 15) is 15.3 Å². The Balaban J connectivity index is 1.69. The Morgan fingerprint density at radius 3 is 2.63 bits per heavy atom. The second kappa shape index (κ2) is 11.6. The molecular formula is C30H51NO4. The number of fused-ring (bicyclic) bond motifs is 1. The molecule has 0 saturated heterocycles. The first-order valence-corrected chi connectivity index (χ1v) is 14.0. The van der Waals surface area contributed by atoms with Gasteiger partial charge in [0.1, 0.15) is 0 Å². The molecule has 0 bridgehead atoms. The quantitative estimate of drug-likeness (QED) is 0.317. The van der Waals surface area contributed by atoms with Crippen LogP contribution in [0.15, 0.2) is 35.5 Å². The van der Waals surface area contributed by atoms with Crippen LogP contribution in [-0.2, 0) is 4.74 Å². The summed E-state index contributed by atoms with van der Waals surface area (Å²) in [6.45, 7) is 13.5. The van der Waals surface area contributed by atoms with E-state index >= 15 is 0 Å². The van der Waals surface area contributed by atoms with E-state index in [0.717, 1.165) is 68.9 Å². The number of aliphatic hydroxyl groups excluding tert-OH is 2. The van der Waals surface area contributed by atoms with E-state index in [1.165, 1.54) is 5.57 Å². The van der Waals surface area contributed by atoms with Crippen LogP contribution in [0, 0.1) is 17.3 Å². The maximum atomic E-state index is 10.6. The molecule has 0 aromatic carbocycles. The summed E-state index contributed by atoms with van der Waals surface area (Å²) in [5, 5.41) is 30.5. The fourth-order valence-corrected chi connectivity index (χ4v) is 7.20. The molecule has 0 radical (unpaired) electrons. The van der Waals surface area contributed by atoms with Crippen molar-refractivity contribution in [3.05, 3.63) is 35.5 Å². The summed E-state index contributed by atoms with van der Waals surface area (Å²) in [4.78, 5) is 0. The molecule has 0 aromatic rings. The van der Waals surface area contributed by atoms with Gasteiger partial charge in [-0.2, -0.15) is 0 Å². The van der Waals surface area contributed by atoms with E-state index in [4.69, 9.17) is 10.5 Å². The van der Waals surface area contributed by atoms with Crippen LogP contribution in [0.25, 0.3) is 0 Å². The van der Waals surface area contributed by atoms with Gasteiger partial charge in [0.05, 0.1) is 24.4 Å². The summed E-state index contributed by atoms with van der Waals surface area (Å²) in [5.74, 6) is 0.386. The normalized spacial score (nSPS) is 37.1. The van der Waals surface area contributed by atoms with Gasteiger partial charge in [-0.05, 0) is 100 Å². The van der Waals surface area contributed by atoms with Gasteiger partial charge in [0.15, 0.2) is 0 Å². The Hall–Kier alpha value is -0.980. The summed E-state index contributed by atoms with van der Waals surface area (Å²) in [5.41, 5.74) is 9.72. The minimum atomic E-state index is -0.577. The van der Waals surface area contributed by atoms with Crippen LogP contribution in [0.2, 0.25) is 0 Å². The van der Waals surface area contributed by atoms with Crippen LogP contribution in [0.1, 0.15) is 98.3 Å². The zero-order valence-electron chi connectivity index (χ0n) is 22.7. The lowest BCUT2D eigenvalue weighted by molar-refractivity contribution is -0.0518. The molecule has 3 rings (SSSR count). The van der Waals surface area contributed by atoms with E-state index in [1.54, 1.807) is 0 Å². The van der Waals surface area contributed by atoms with Gasteiger partial charge >= 0.3 is 0 Å². The van der Waals surface area contributed by atoms with Gasteiger partial charge in [0, 0.05) is 18.1 Å². The van der Waals surface area contributed by atoms with Crippen molar-refractivity contribution in [3.63, 3.8) is 0 Å². The standard InChI is InChI=1S/C30H51NO4/c1-6-29(34,7-2)15-9-17-35-22(4)30(31)16-13-27-23(10-8-14-28(27,30)5)11-12-24-18-26(33)19-25(20-32)21(24)3/h11-12,22,25-27,32-34H,3,6-10,13-20,31H2,1-2,4-5H3/b23-11+,24-12-/t22-,25+,26+,27+,28+,30+/m1/s1. The molecule has 5 N–H and O–H groups in total. The number of rotatable bonds is 10. The minimum absolute atomic E-state index is 0.0146. The van der Waals surface area contributed by atoms with Crippen LogP contribution < -0.4 is 5.73 Å². The third-order valence-corrected chi connectivity index (χ3v) is 10.1. The third kappa shape index (κ3) is 5.80. The highest BCUT2D eigenvalue weighted by molar-refractivity contribution is 5.38. The van der Waals surface area contributed by atoms with Crippen molar-refractivity contribution in [1.82, 2.24) is 0 Å². The largest absolute Gasteiger partial charge is 0.396 e. The lowest BCUT2D eigenvalue weighted by Crippen LogP contribution is -2.61. The van der Waals surface area contributed by atoms with E-state index in [-0.39, 0.29) is 29.6 Å². The smallest absolute Gasteiger partial charge is 0.0731 e. The number of aliphatic hydroxyl groups is 3. The van der Waals surface area contributed by atoms with E-state index in [0.29, 0.717) is 25.4 Å². The van der Waals surface area contributed by atoms with E-state index in [1.807, 2.05) is 13.8 Å². The highest BCUT2D eigenvalue weighted by Crippen LogP contribution is 2.59. The number of hydrogen-bond donors (Lipinski definition) is 4. The Kier molecular flexibility index (Phi) is 9.48. The Morgan fingerprint density at radius 1 is 1.26 bits per heavy atom. The average Bonchev–Trinajstić information content (AvgIpc) is 3.13. The number of hydrogen-bond acceptors (Lipinski definition) is 5. The molecule has 5 nitrogen and oxygen atoms in total. The van der Waals surface area contributed by atoms with Crippen molar-refractivity contribution in [2.75, 3.05) is 13.2 Å². The molecule has 0 spiro atoms. The van der Waals surface area contributed by atoms with Crippen LogP contribution in [0.3, 0.4) is 0 Å². The lowest BCUT2D eigenvalue weighted by atomic mass is 9.59. The molecule has 0 heterocycles. The Morgan fingerprint density at radius 2 is 1.97 bits per heavy atom. The SMILES string of the molecule is C=C1/C(=C\C=C2/CCC[C@@]3(C)[C@H]2CC[C@]3(N)[C@@H](C)OCCCC(O)(CC)CC)C[C@H](O)C[C@H]1CO. The van der Waals surface area contributed by atoms with Crippen LogP contribution in [0.5, 0.6) is 0 Å². The first-order valence-electron chi connectivity index (χ1n) is 14.0. The molecule has 3 aliphatic carbocycles. The zero-order valence-corrected chi connectivity index (χ0v) is 22.7. The lowest BCUT2D eigenvalue weighted by Gasteiger charge is -2.50. The predicted molar refractivity (Wildman–Crippen MR) is 143 cm³/mol. The molecular weight excluding hydrogens is 438 g/mol. The molecule has 200 valence electrons. The van der Waals surface area contributed by atoms with Crippen molar-refractivity contribution in [2.45, 2.75) is 122 Å². The molecule has 0 amide bonds. The van der Waals surface area contributed by atoms with Crippen LogP contribution in [0.4, 0.5) is 0 Å². The summed E-state index contributed by atoms with van der Waals surface area (Å²) in [6.07, 6.45) is 13.7. The topological polar surface area (TPSA) is 95.9 Å². The first-order chi connectivity index (χ1) is 16.5. The highest BCUT2D eigenvalue weighted by atomic mass is 16.5. The summed E-state index contributed by atoms with van der Waals surface area (Å²) >= 11 is 0.